The molecule has 2 heteroatoms. The van der Waals surface area contributed by atoms with Gasteiger partial charge in [-0.25, -0.2) is 0 Å². The van der Waals surface area contributed by atoms with Crippen molar-refractivity contribution in [1.29, 1.82) is 0 Å². The van der Waals surface area contributed by atoms with Crippen LogP contribution in [0.1, 0.15) is 37.0 Å². The maximum Gasteiger partial charge on any atom is 0.0481 e. The molecule has 0 aliphatic heterocycles. The van der Waals surface area contributed by atoms with Gasteiger partial charge < -0.3 is 10.2 Å². The van der Waals surface area contributed by atoms with Crippen molar-refractivity contribution in [3.05, 3.63) is 34.9 Å². The molecule has 0 atom stereocenters. The first kappa shape index (κ1) is 14.2. The summed E-state index contributed by atoms with van der Waals surface area (Å²) in [7, 11) is 0. The predicted molar refractivity (Wildman–Crippen MR) is 71.2 cm³/mol. The highest BCUT2D eigenvalue weighted by Gasteiger charge is 2.08. The minimum absolute atomic E-state index is 0.0185. The highest BCUT2D eigenvalue weighted by atomic mass is 16.3. The van der Waals surface area contributed by atoms with Gasteiger partial charge in [-0.1, -0.05) is 32.0 Å². The van der Waals surface area contributed by atoms with Crippen molar-refractivity contribution in [2.45, 2.75) is 39.5 Å². The number of aliphatic hydroxyl groups is 2. The largest absolute Gasteiger partial charge is 0.396 e. The molecular formula is C15H24O2. The monoisotopic (exact) mass is 236 g/mol. The van der Waals surface area contributed by atoms with Crippen LogP contribution >= 0.6 is 0 Å². The summed E-state index contributed by atoms with van der Waals surface area (Å²) in [6.07, 6.45) is 3.90. The minimum Gasteiger partial charge on any atom is -0.396 e. The Kier molecular flexibility index (Phi) is 6.23. The Morgan fingerprint density at radius 1 is 1.00 bits per heavy atom. The molecule has 0 saturated carbocycles. The van der Waals surface area contributed by atoms with Crippen LogP contribution in [0.4, 0.5) is 0 Å². The molecule has 0 heterocycles. The third kappa shape index (κ3) is 4.14. The lowest BCUT2D eigenvalue weighted by Crippen LogP contribution is -2.12. The van der Waals surface area contributed by atoms with Gasteiger partial charge in [-0.2, -0.15) is 0 Å². The Morgan fingerprint density at radius 2 is 1.71 bits per heavy atom. The van der Waals surface area contributed by atoms with Crippen molar-refractivity contribution < 1.29 is 10.2 Å². The Bertz CT molecular complexity index is 330. The van der Waals surface area contributed by atoms with Gasteiger partial charge in [-0.15, -0.1) is 0 Å². The van der Waals surface area contributed by atoms with E-state index in [0.717, 1.165) is 25.7 Å². The summed E-state index contributed by atoms with van der Waals surface area (Å²) in [4.78, 5) is 0. The van der Waals surface area contributed by atoms with Crippen molar-refractivity contribution in [3.63, 3.8) is 0 Å². The maximum atomic E-state index is 9.07. The van der Waals surface area contributed by atoms with Gasteiger partial charge in [-0.3, -0.25) is 0 Å². The molecule has 1 aromatic carbocycles. The fourth-order valence-electron chi connectivity index (χ4n) is 2.08. The summed E-state index contributed by atoms with van der Waals surface area (Å²) in [5.74, 6) is 0.0185. The second-order valence-electron chi connectivity index (χ2n) is 4.58. The van der Waals surface area contributed by atoms with Crippen molar-refractivity contribution in [2.75, 3.05) is 13.2 Å². The quantitative estimate of drug-likeness (QED) is 0.763. The smallest absolute Gasteiger partial charge is 0.0481 e. The average molecular weight is 236 g/mol. The van der Waals surface area contributed by atoms with Crippen molar-refractivity contribution in [2.24, 2.45) is 5.92 Å². The van der Waals surface area contributed by atoms with Gasteiger partial charge in [0.1, 0.15) is 0 Å². The molecule has 0 unspecified atom stereocenters. The number of aliphatic hydroxyl groups excluding tert-OH is 2. The maximum absolute atomic E-state index is 9.07. The molecule has 0 bridgehead atoms. The Hall–Kier alpha value is -0.860. The van der Waals surface area contributed by atoms with E-state index in [4.69, 9.17) is 10.2 Å². The molecule has 0 spiro atoms. The van der Waals surface area contributed by atoms with Crippen LogP contribution in [0.15, 0.2) is 18.2 Å². The molecule has 0 saturated heterocycles. The molecule has 0 aliphatic rings. The third-order valence-electron chi connectivity index (χ3n) is 3.40. The molecule has 1 aromatic rings. The molecule has 0 aromatic heterocycles. The Balaban J connectivity index is 2.73. The van der Waals surface area contributed by atoms with Gasteiger partial charge in [0.05, 0.1) is 0 Å². The molecular weight excluding hydrogens is 212 g/mol. The fourth-order valence-corrected chi connectivity index (χ4v) is 2.08. The number of aryl methyl sites for hydroxylation is 3. The molecule has 96 valence electrons. The lowest BCUT2D eigenvalue weighted by atomic mass is 9.94. The van der Waals surface area contributed by atoms with Crippen LogP contribution in [0, 0.1) is 5.92 Å². The second-order valence-corrected chi connectivity index (χ2v) is 4.58. The molecule has 2 N–H and O–H groups in total. The predicted octanol–water partition coefficient (Wildman–Crippen LogP) is 2.34. The number of hydrogen-bond donors (Lipinski definition) is 2. The van der Waals surface area contributed by atoms with E-state index in [9.17, 15) is 0 Å². The van der Waals surface area contributed by atoms with Gasteiger partial charge in [0.25, 0.3) is 0 Å². The molecule has 0 radical (unpaired) electrons. The van der Waals surface area contributed by atoms with Crippen LogP contribution in [0.25, 0.3) is 0 Å². The zero-order chi connectivity index (χ0) is 12.7. The normalized spacial score (nSPS) is 11.1. The van der Waals surface area contributed by atoms with Crippen LogP contribution in [0.3, 0.4) is 0 Å². The molecule has 0 fully saturated rings. The van der Waals surface area contributed by atoms with E-state index in [0.29, 0.717) is 0 Å². The topological polar surface area (TPSA) is 40.5 Å². The van der Waals surface area contributed by atoms with Crippen molar-refractivity contribution in [3.8, 4) is 0 Å². The van der Waals surface area contributed by atoms with E-state index in [1.165, 1.54) is 16.7 Å². The first-order valence-electron chi connectivity index (χ1n) is 6.57. The first-order chi connectivity index (χ1) is 8.24. The molecule has 2 nitrogen and oxygen atoms in total. The van der Waals surface area contributed by atoms with Gasteiger partial charge >= 0.3 is 0 Å². The van der Waals surface area contributed by atoms with Crippen molar-refractivity contribution >= 4 is 0 Å². The lowest BCUT2D eigenvalue weighted by Gasteiger charge is -2.14. The number of benzene rings is 1. The SMILES string of the molecule is CCc1ccc(CC)c(CCC(CO)CO)c1. The van der Waals surface area contributed by atoms with Gasteiger partial charge in [0.2, 0.25) is 0 Å². The Morgan fingerprint density at radius 3 is 2.24 bits per heavy atom. The highest BCUT2D eigenvalue weighted by Crippen LogP contribution is 2.17. The summed E-state index contributed by atoms with van der Waals surface area (Å²) in [5.41, 5.74) is 4.12. The van der Waals surface area contributed by atoms with E-state index in [1.807, 2.05) is 0 Å². The molecule has 0 amide bonds. The van der Waals surface area contributed by atoms with Gasteiger partial charge in [0.15, 0.2) is 0 Å². The molecule has 0 aliphatic carbocycles. The summed E-state index contributed by atoms with van der Waals surface area (Å²) in [5, 5.41) is 18.1. The van der Waals surface area contributed by atoms with Crippen LogP contribution in [-0.4, -0.2) is 23.4 Å². The van der Waals surface area contributed by atoms with E-state index in [1.54, 1.807) is 0 Å². The lowest BCUT2D eigenvalue weighted by molar-refractivity contribution is 0.144. The van der Waals surface area contributed by atoms with Crippen LogP contribution < -0.4 is 0 Å². The summed E-state index contributed by atoms with van der Waals surface area (Å²) < 4.78 is 0. The third-order valence-corrected chi connectivity index (χ3v) is 3.40. The fraction of sp³-hybridized carbons (Fsp3) is 0.600. The van der Waals surface area contributed by atoms with E-state index >= 15 is 0 Å². The van der Waals surface area contributed by atoms with Crippen LogP contribution in [0.5, 0.6) is 0 Å². The van der Waals surface area contributed by atoms with Crippen LogP contribution in [0.2, 0.25) is 0 Å². The molecule has 1 rings (SSSR count). The van der Waals surface area contributed by atoms with Gasteiger partial charge in [0, 0.05) is 19.1 Å². The standard InChI is InChI=1S/C15H24O2/c1-3-12-5-7-14(4-2)15(9-12)8-6-13(10-16)11-17/h5,7,9,13,16-17H,3-4,6,8,10-11H2,1-2H3. The average Bonchev–Trinajstić information content (AvgIpc) is 2.39. The summed E-state index contributed by atoms with van der Waals surface area (Å²) >= 11 is 0. The first-order valence-corrected chi connectivity index (χ1v) is 6.57. The zero-order valence-electron chi connectivity index (χ0n) is 10.9. The summed E-state index contributed by atoms with van der Waals surface area (Å²) in [6.45, 7) is 4.48. The number of rotatable bonds is 7. The summed E-state index contributed by atoms with van der Waals surface area (Å²) in [6, 6.07) is 6.67. The highest BCUT2D eigenvalue weighted by molar-refractivity contribution is 5.32. The Labute approximate surface area is 104 Å². The van der Waals surface area contributed by atoms with E-state index in [-0.39, 0.29) is 19.1 Å². The van der Waals surface area contributed by atoms with E-state index < -0.39 is 0 Å². The van der Waals surface area contributed by atoms with Gasteiger partial charge in [-0.05, 0) is 42.4 Å². The minimum atomic E-state index is 0.0185. The molecule has 17 heavy (non-hydrogen) atoms. The second kappa shape index (κ2) is 7.46. The van der Waals surface area contributed by atoms with E-state index in [2.05, 4.69) is 32.0 Å². The zero-order valence-corrected chi connectivity index (χ0v) is 10.9. The van der Waals surface area contributed by atoms with Crippen molar-refractivity contribution in [1.82, 2.24) is 0 Å². The number of hydrogen-bond acceptors (Lipinski definition) is 2. The van der Waals surface area contributed by atoms with Crippen LogP contribution in [-0.2, 0) is 19.3 Å².